The third kappa shape index (κ3) is 2.08. The summed E-state index contributed by atoms with van der Waals surface area (Å²) in [5.74, 6) is 0. The second kappa shape index (κ2) is 4.57. The molecule has 80 valence electrons. The highest BCUT2D eigenvalue weighted by Crippen LogP contribution is 2.21. The third-order valence-corrected chi connectivity index (χ3v) is 2.37. The van der Waals surface area contributed by atoms with E-state index in [-0.39, 0.29) is 0 Å². The van der Waals surface area contributed by atoms with Gasteiger partial charge in [0.25, 0.3) is 0 Å². The maximum absolute atomic E-state index is 5.35. The van der Waals surface area contributed by atoms with Crippen LogP contribution in [0.1, 0.15) is 11.4 Å². The number of pyridine rings is 2. The van der Waals surface area contributed by atoms with E-state index in [4.69, 9.17) is 5.73 Å². The normalized spacial score (nSPS) is 10.8. The van der Waals surface area contributed by atoms with Crippen LogP contribution in [0.5, 0.6) is 0 Å². The molecule has 16 heavy (non-hydrogen) atoms. The Bertz CT molecular complexity index is 518. The summed E-state index contributed by atoms with van der Waals surface area (Å²) < 4.78 is 0. The molecule has 0 aliphatic carbocycles. The van der Waals surface area contributed by atoms with Gasteiger partial charge < -0.3 is 5.73 Å². The van der Waals surface area contributed by atoms with Crippen molar-refractivity contribution in [3.63, 3.8) is 0 Å². The molecule has 0 spiro atoms. The van der Waals surface area contributed by atoms with Crippen LogP contribution in [0.25, 0.3) is 17.2 Å². The number of aromatic nitrogens is 2. The van der Waals surface area contributed by atoms with Gasteiger partial charge in [-0.3, -0.25) is 9.97 Å². The lowest BCUT2D eigenvalue weighted by atomic mass is 10.1. The summed E-state index contributed by atoms with van der Waals surface area (Å²) in [6.07, 6.45) is 6.83. The zero-order valence-electron chi connectivity index (χ0n) is 9.09. The molecular weight excluding hydrogens is 198 g/mol. The Labute approximate surface area is 94.7 Å². The maximum Gasteiger partial charge on any atom is 0.0650 e. The van der Waals surface area contributed by atoms with Gasteiger partial charge in [0.15, 0.2) is 0 Å². The van der Waals surface area contributed by atoms with Crippen LogP contribution >= 0.6 is 0 Å². The van der Waals surface area contributed by atoms with Gasteiger partial charge in [0.1, 0.15) is 0 Å². The van der Waals surface area contributed by atoms with Crippen LogP contribution in [0, 0.1) is 6.92 Å². The first-order valence-electron chi connectivity index (χ1n) is 5.07. The minimum Gasteiger partial charge on any atom is -0.405 e. The van der Waals surface area contributed by atoms with E-state index in [1.165, 1.54) is 6.20 Å². The molecule has 2 aromatic rings. The number of hydrogen-bond acceptors (Lipinski definition) is 3. The lowest BCUT2D eigenvalue weighted by Gasteiger charge is -2.04. The first kappa shape index (κ1) is 10.4. The summed E-state index contributed by atoms with van der Waals surface area (Å²) in [5, 5.41) is 0. The van der Waals surface area contributed by atoms with Gasteiger partial charge in [0.2, 0.25) is 0 Å². The predicted octanol–water partition coefficient (Wildman–Crippen LogP) is 2.38. The topological polar surface area (TPSA) is 51.8 Å². The summed E-state index contributed by atoms with van der Waals surface area (Å²) in [5.41, 5.74) is 9.43. The van der Waals surface area contributed by atoms with Crippen molar-refractivity contribution >= 4 is 6.08 Å². The lowest BCUT2D eigenvalue weighted by molar-refractivity contribution is 1.20. The Morgan fingerprint density at radius 2 is 2.06 bits per heavy atom. The second-order valence-corrected chi connectivity index (χ2v) is 3.46. The van der Waals surface area contributed by atoms with Crippen molar-refractivity contribution in [2.24, 2.45) is 5.73 Å². The fourth-order valence-corrected chi connectivity index (χ4v) is 1.59. The molecule has 0 aliphatic heterocycles. The van der Waals surface area contributed by atoms with E-state index in [2.05, 4.69) is 9.97 Å². The second-order valence-electron chi connectivity index (χ2n) is 3.46. The van der Waals surface area contributed by atoms with E-state index in [9.17, 15) is 0 Å². The minimum absolute atomic E-state index is 0.850. The molecule has 3 nitrogen and oxygen atoms in total. The highest BCUT2D eigenvalue weighted by atomic mass is 14.7. The Morgan fingerprint density at radius 3 is 2.81 bits per heavy atom. The van der Waals surface area contributed by atoms with Crippen LogP contribution in [0.15, 0.2) is 42.9 Å². The standard InChI is InChI=1S/C13H13N3/c1-10-13(3-2-7-15-10)11-5-8-16-12(9-11)4-6-14/h2-9H,14H2,1H3. The first-order chi connectivity index (χ1) is 7.81. The van der Waals surface area contributed by atoms with Gasteiger partial charge in [-0.25, -0.2) is 0 Å². The molecule has 0 bridgehead atoms. The van der Waals surface area contributed by atoms with E-state index in [0.717, 1.165) is 22.5 Å². The molecule has 2 rings (SSSR count). The summed E-state index contributed by atoms with van der Waals surface area (Å²) in [6, 6.07) is 7.94. The van der Waals surface area contributed by atoms with Crippen molar-refractivity contribution in [1.29, 1.82) is 0 Å². The smallest absolute Gasteiger partial charge is 0.0650 e. The quantitative estimate of drug-likeness (QED) is 0.829. The molecule has 0 fully saturated rings. The Hall–Kier alpha value is -2.16. The number of hydrogen-bond donors (Lipinski definition) is 1. The number of aryl methyl sites for hydroxylation is 1. The summed E-state index contributed by atoms with van der Waals surface area (Å²) in [4.78, 5) is 8.47. The highest BCUT2D eigenvalue weighted by Gasteiger charge is 2.02. The van der Waals surface area contributed by atoms with Gasteiger partial charge in [-0.15, -0.1) is 0 Å². The Morgan fingerprint density at radius 1 is 1.19 bits per heavy atom. The first-order valence-corrected chi connectivity index (χ1v) is 5.07. The third-order valence-electron chi connectivity index (χ3n) is 2.37. The van der Waals surface area contributed by atoms with E-state index < -0.39 is 0 Å². The minimum atomic E-state index is 0.850. The molecule has 2 heterocycles. The zero-order chi connectivity index (χ0) is 11.4. The van der Waals surface area contributed by atoms with Gasteiger partial charge >= 0.3 is 0 Å². The lowest BCUT2D eigenvalue weighted by Crippen LogP contribution is -1.89. The van der Waals surface area contributed by atoms with Gasteiger partial charge in [-0.2, -0.15) is 0 Å². The largest absolute Gasteiger partial charge is 0.405 e. The predicted molar refractivity (Wildman–Crippen MR) is 65.4 cm³/mol. The van der Waals surface area contributed by atoms with Crippen molar-refractivity contribution in [3.8, 4) is 11.1 Å². The summed E-state index contributed by atoms with van der Waals surface area (Å²) in [7, 11) is 0. The SMILES string of the molecule is Cc1ncccc1-c1ccnc(C=CN)c1. The fraction of sp³-hybridized carbons (Fsp3) is 0.0769. The molecule has 0 saturated heterocycles. The van der Waals surface area contributed by atoms with E-state index in [1.54, 1.807) is 18.5 Å². The van der Waals surface area contributed by atoms with Crippen LogP contribution in [0.3, 0.4) is 0 Å². The molecule has 0 aliphatic rings. The van der Waals surface area contributed by atoms with Crippen molar-refractivity contribution < 1.29 is 0 Å². The molecular formula is C13H13N3. The molecule has 0 unspecified atom stereocenters. The van der Waals surface area contributed by atoms with Gasteiger partial charge in [0, 0.05) is 23.7 Å². The van der Waals surface area contributed by atoms with Gasteiger partial charge in [-0.1, -0.05) is 6.07 Å². The van der Waals surface area contributed by atoms with Crippen molar-refractivity contribution in [2.45, 2.75) is 6.92 Å². The van der Waals surface area contributed by atoms with Crippen LogP contribution < -0.4 is 5.73 Å². The van der Waals surface area contributed by atoms with Crippen molar-refractivity contribution in [2.75, 3.05) is 0 Å². The Balaban J connectivity index is 2.48. The molecule has 0 amide bonds. The Kier molecular flexibility index (Phi) is 2.96. The average Bonchev–Trinajstić information content (AvgIpc) is 2.30. The van der Waals surface area contributed by atoms with E-state index in [1.807, 2.05) is 31.2 Å². The summed E-state index contributed by atoms with van der Waals surface area (Å²) in [6.45, 7) is 1.99. The van der Waals surface area contributed by atoms with E-state index >= 15 is 0 Å². The van der Waals surface area contributed by atoms with Gasteiger partial charge in [0.05, 0.1) is 5.69 Å². The van der Waals surface area contributed by atoms with Crippen molar-refractivity contribution in [1.82, 2.24) is 9.97 Å². The van der Waals surface area contributed by atoms with E-state index in [0.29, 0.717) is 0 Å². The zero-order valence-corrected chi connectivity index (χ0v) is 9.09. The molecule has 2 N–H and O–H groups in total. The molecule has 0 radical (unpaired) electrons. The number of rotatable bonds is 2. The molecule has 3 heteroatoms. The van der Waals surface area contributed by atoms with Crippen LogP contribution in [-0.2, 0) is 0 Å². The summed E-state index contributed by atoms with van der Waals surface area (Å²) >= 11 is 0. The fourth-order valence-electron chi connectivity index (χ4n) is 1.59. The molecule has 0 atom stereocenters. The number of nitrogens with two attached hydrogens (primary N) is 1. The molecule has 0 aromatic carbocycles. The van der Waals surface area contributed by atoms with Crippen molar-refractivity contribution in [3.05, 3.63) is 54.2 Å². The monoisotopic (exact) mass is 211 g/mol. The number of nitrogens with zero attached hydrogens (tertiary/aromatic N) is 2. The van der Waals surface area contributed by atoms with Crippen LogP contribution in [-0.4, -0.2) is 9.97 Å². The molecule has 0 saturated carbocycles. The van der Waals surface area contributed by atoms with Gasteiger partial charge in [-0.05, 0) is 43.0 Å². The highest BCUT2D eigenvalue weighted by molar-refractivity contribution is 5.67. The maximum atomic E-state index is 5.35. The van der Waals surface area contributed by atoms with Crippen LogP contribution in [0.4, 0.5) is 0 Å². The molecule has 2 aromatic heterocycles. The average molecular weight is 211 g/mol. The van der Waals surface area contributed by atoms with Crippen LogP contribution in [0.2, 0.25) is 0 Å².